The highest BCUT2D eigenvalue weighted by molar-refractivity contribution is 5.01. The zero-order chi connectivity index (χ0) is 17.1. The molecule has 3 unspecified atom stereocenters. The molecule has 0 saturated carbocycles. The molecule has 0 aromatic rings. The van der Waals surface area contributed by atoms with Crippen molar-refractivity contribution >= 4 is 0 Å². The van der Waals surface area contributed by atoms with Crippen LogP contribution in [0.25, 0.3) is 0 Å². The molecule has 0 aromatic heterocycles. The zero-order valence-corrected chi connectivity index (χ0v) is 10.6. The Morgan fingerprint density at radius 3 is 1.57 bits per heavy atom. The first-order chi connectivity index (χ1) is 8.87. The standard InChI is InChI=1S/C9H9F9O3/c1-4(10,11)6(3)19-5(2,12)7(13,20-6)8(14,15)21-9(16,17)18/h1-3H3. The van der Waals surface area contributed by atoms with Gasteiger partial charge in [0.25, 0.3) is 11.8 Å². The molecule has 12 heteroatoms. The van der Waals surface area contributed by atoms with Crippen molar-refractivity contribution in [3.63, 3.8) is 0 Å². The lowest BCUT2D eigenvalue weighted by Gasteiger charge is -2.33. The van der Waals surface area contributed by atoms with Crippen LogP contribution in [0.15, 0.2) is 0 Å². The fourth-order valence-corrected chi connectivity index (χ4v) is 1.52. The Labute approximate surface area is 111 Å². The van der Waals surface area contributed by atoms with E-state index in [4.69, 9.17) is 0 Å². The Kier molecular flexibility index (Phi) is 3.82. The molecular weight excluding hydrogens is 327 g/mol. The Balaban J connectivity index is 3.27. The Morgan fingerprint density at radius 2 is 1.29 bits per heavy atom. The van der Waals surface area contributed by atoms with Gasteiger partial charge >= 0.3 is 18.3 Å². The molecule has 126 valence electrons. The summed E-state index contributed by atoms with van der Waals surface area (Å²) >= 11 is 0. The van der Waals surface area contributed by atoms with Gasteiger partial charge in [-0.25, -0.2) is 17.9 Å². The molecule has 0 bridgehead atoms. The molecule has 0 aromatic carbocycles. The smallest absolute Gasteiger partial charge is 0.303 e. The lowest BCUT2D eigenvalue weighted by Crippen LogP contribution is -2.59. The summed E-state index contributed by atoms with van der Waals surface area (Å²) in [5.74, 6) is -17.4. The van der Waals surface area contributed by atoms with Crippen molar-refractivity contribution in [3.8, 4) is 0 Å². The molecule has 1 saturated heterocycles. The minimum Gasteiger partial charge on any atom is -0.303 e. The molecule has 1 aliphatic heterocycles. The maximum atomic E-state index is 14.0. The zero-order valence-electron chi connectivity index (χ0n) is 10.6. The predicted molar refractivity (Wildman–Crippen MR) is 46.6 cm³/mol. The van der Waals surface area contributed by atoms with E-state index < -0.39 is 35.9 Å². The molecule has 0 spiro atoms. The number of hydrogen-bond donors (Lipinski definition) is 0. The summed E-state index contributed by atoms with van der Waals surface area (Å²) in [7, 11) is 0. The number of halogens is 9. The highest BCUT2D eigenvalue weighted by Gasteiger charge is 2.82. The van der Waals surface area contributed by atoms with E-state index >= 15 is 0 Å². The first kappa shape index (κ1) is 18.3. The number of ether oxygens (including phenoxy) is 3. The largest absolute Gasteiger partial charge is 0.527 e. The maximum Gasteiger partial charge on any atom is 0.527 e. The summed E-state index contributed by atoms with van der Waals surface area (Å²) in [6.07, 6.45) is -12.1. The van der Waals surface area contributed by atoms with Crippen LogP contribution in [-0.4, -0.2) is 35.9 Å². The van der Waals surface area contributed by atoms with Crippen molar-refractivity contribution in [3.05, 3.63) is 0 Å². The van der Waals surface area contributed by atoms with Crippen molar-refractivity contribution in [2.45, 2.75) is 56.7 Å². The predicted octanol–water partition coefficient (Wildman–Crippen LogP) is 3.89. The van der Waals surface area contributed by atoms with Gasteiger partial charge in [0.15, 0.2) is 0 Å². The van der Waals surface area contributed by atoms with Crippen LogP contribution in [0.2, 0.25) is 0 Å². The van der Waals surface area contributed by atoms with E-state index in [-0.39, 0.29) is 20.8 Å². The van der Waals surface area contributed by atoms with Gasteiger partial charge in [0.05, 0.1) is 0 Å². The average Bonchev–Trinajstić information content (AvgIpc) is 2.28. The van der Waals surface area contributed by atoms with Crippen LogP contribution in [0.4, 0.5) is 39.5 Å². The van der Waals surface area contributed by atoms with Crippen LogP contribution in [-0.2, 0) is 14.2 Å². The number of hydrogen-bond acceptors (Lipinski definition) is 3. The summed E-state index contributed by atoms with van der Waals surface area (Å²) in [5.41, 5.74) is 0. The number of rotatable bonds is 3. The van der Waals surface area contributed by atoms with Crippen LogP contribution >= 0.6 is 0 Å². The van der Waals surface area contributed by atoms with E-state index in [0.717, 1.165) is 0 Å². The Bertz CT molecular complexity index is 416. The summed E-state index contributed by atoms with van der Waals surface area (Å²) in [6.45, 7) is 0.0744. The first-order valence-electron chi connectivity index (χ1n) is 5.18. The molecule has 1 aliphatic rings. The summed E-state index contributed by atoms with van der Waals surface area (Å²) in [4.78, 5) is 0. The SMILES string of the molecule is CC(F)(F)C1(C)OC(C)(F)C(F)(C(F)(F)OC(F)(F)F)O1. The average molecular weight is 336 g/mol. The van der Waals surface area contributed by atoms with Crippen molar-refractivity contribution in [2.24, 2.45) is 0 Å². The highest BCUT2D eigenvalue weighted by Crippen LogP contribution is 2.58. The summed E-state index contributed by atoms with van der Waals surface area (Å²) < 4.78 is 125. The second-order valence-corrected chi connectivity index (χ2v) is 4.61. The fourth-order valence-electron chi connectivity index (χ4n) is 1.52. The highest BCUT2D eigenvalue weighted by atomic mass is 19.4. The van der Waals surface area contributed by atoms with Crippen molar-refractivity contribution in [1.29, 1.82) is 0 Å². The van der Waals surface area contributed by atoms with E-state index in [9.17, 15) is 39.5 Å². The Hall–Kier alpha value is -0.750. The topological polar surface area (TPSA) is 27.7 Å². The van der Waals surface area contributed by atoms with Crippen LogP contribution in [0.3, 0.4) is 0 Å². The van der Waals surface area contributed by atoms with Gasteiger partial charge in [0.1, 0.15) is 0 Å². The molecule has 0 N–H and O–H groups in total. The van der Waals surface area contributed by atoms with Crippen molar-refractivity contribution < 1.29 is 53.7 Å². The van der Waals surface area contributed by atoms with E-state index in [0.29, 0.717) is 0 Å². The van der Waals surface area contributed by atoms with E-state index in [2.05, 4.69) is 14.2 Å². The van der Waals surface area contributed by atoms with Crippen LogP contribution in [0.5, 0.6) is 0 Å². The minimum absolute atomic E-state index is 0.0115. The molecule has 0 radical (unpaired) electrons. The van der Waals surface area contributed by atoms with Gasteiger partial charge in [-0.3, -0.25) is 4.74 Å². The second kappa shape index (κ2) is 4.38. The molecule has 3 atom stereocenters. The van der Waals surface area contributed by atoms with E-state index in [1.165, 1.54) is 0 Å². The normalized spacial score (nSPS) is 38.9. The lowest BCUT2D eigenvalue weighted by atomic mass is 10.1. The van der Waals surface area contributed by atoms with Crippen molar-refractivity contribution in [1.82, 2.24) is 0 Å². The molecule has 0 amide bonds. The summed E-state index contributed by atoms with van der Waals surface area (Å²) in [5, 5.41) is 0. The third kappa shape index (κ3) is 2.93. The van der Waals surface area contributed by atoms with Crippen LogP contribution < -0.4 is 0 Å². The molecule has 21 heavy (non-hydrogen) atoms. The van der Waals surface area contributed by atoms with Gasteiger partial charge in [-0.2, -0.15) is 13.2 Å². The molecule has 1 heterocycles. The van der Waals surface area contributed by atoms with Gasteiger partial charge in [0, 0.05) is 13.8 Å². The van der Waals surface area contributed by atoms with Crippen LogP contribution in [0, 0.1) is 0 Å². The van der Waals surface area contributed by atoms with E-state index in [1.54, 1.807) is 0 Å². The maximum absolute atomic E-state index is 14.0. The fraction of sp³-hybridized carbons (Fsp3) is 1.00. The third-order valence-electron chi connectivity index (χ3n) is 2.71. The molecule has 1 fully saturated rings. The molecule has 3 nitrogen and oxygen atoms in total. The molecule has 1 rings (SSSR count). The first-order valence-corrected chi connectivity index (χ1v) is 5.18. The third-order valence-corrected chi connectivity index (χ3v) is 2.71. The summed E-state index contributed by atoms with van der Waals surface area (Å²) in [6, 6.07) is 0. The second-order valence-electron chi connectivity index (χ2n) is 4.61. The van der Waals surface area contributed by atoms with Gasteiger partial charge in [0.2, 0.25) is 5.79 Å². The quantitative estimate of drug-likeness (QED) is 0.732. The molecule has 0 aliphatic carbocycles. The number of alkyl halides is 9. The molecular formula is C9H9F9O3. The van der Waals surface area contributed by atoms with E-state index in [1.807, 2.05) is 0 Å². The van der Waals surface area contributed by atoms with Gasteiger partial charge in [-0.15, -0.1) is 13.2 Å². The van der Waals surface area contributed by atoms with Gasteiger partial charge in [-0.05, 0) is 6.92 Å². The minimum atomic E-state index is -6.09. The Morgan fingerprint density at radius 1 is 0.857 bits per heavy atom. The van der Waals surface area contributed by atoms with Gasteiger partial charge < -0.3 is 4.74 Å². The van der Waals surface area contributed by atoms with Crippen molar-refractivity contribution in [2.75, 3.05) is 0 Å². The van der Waals surface area contributed by atoms with Crippen LogP contribution in [0.1, 0.15) is 20.8 Å². The van der Waals surface area contributed by atoms with Gasteiger partial charge in [-0.1, -0.05) is 0 Å². The monoisotopic (exact) mass is 336 g/mol. The lowest BCUT2D eigenvalue weighted by molar-refractivity contribution is -0.492.